The Hall–Kier alpha value is 0.310. The third-order valence-electron chi connectivity index (χ3n) is 0.985. The van der Waals surface area contributed by atoms with Gasteiger partial charge in [0, 0.05) is 11.8 Å². The van der Waals surface area contributed by atoms with Crippen LogP contribution in [0.25, 0.3) is 0 Å². The number of nitrogens with zero attached hydrogens (tertiary/aromatic N) is 1. The van der Waals surface area contributed by atoms with E-state index in [0.717, 1.165) is 0 Å². The average Bonchev–Trinajstić information content (AvgIpc) is 1.86. The summed E-state index contributed by atoms with van der Waals surface area (Å²) < 4.78 is -1.47. The summed E-state index contributed by atoms with van der Waals surface area (Å²) in [5.41, 5.74) is 0.436. The van der Waals surface area contributed by atoms with E-state index in [-0.39, 0.29) is 0 Å². The number of alkyl halides is 3. The van der Waals surface area contributed by atoms with Crippen molar-refractivity contribution >= 4 is 46.4 Å². The van der Waals surface area contributed by atoms with Crippen molar-refractivity contribution in [1.29, 1.82) is 0 Å². The Balaban J connectivity index is 3.06. The molecule has 1 aromatic rings. The molecule has 1 heterocycles. The van der Waals surface area contributed by atoms with Crippen LogP contribution < -0.4 is 0 Å². The van der Waals surface area contributed by atoms with Crippen molar-refractivity contribution in [2.45, 2.75) is 3.79 Å². The molecule has 1 aromatic heterocycles. The summed E-state index contributed by atoms with van der Waals surface area (Å²) >= 11 is 22.2. The Morgan fingerprint density at radius 2 is 2.00 bits per heavy atom. The lowest BCUT2D eigenvalue weighted by Gasteiger charge is -2.09. The van der Waals surface area contributed by atoms with Gasteiger partial charge in [-0.15, -0.1) is 0 Å². The van der Waals surface area contributed by atoms with Crippen LogP contribution >= 0.6 is 46.4 Å². The summed E-state index contributed by atoms with van der Waals surface area (Å²) in [5.74, 6) is 0. The second-order valence-corrected chi connectivity index (χ2v) is 4.50. The van der Waals surface area contributed by atoms with Gasteiger partial charge in [-0.3, -0.25) is 4.98 Å². The lowest BCUT2D eigenvalue weighted by Crippen LogP contribution is -1.99. The summed E-state index contributed by atoms with van der Waals surface area (Å²) in [4.78, 5) is 3.64. The molecular formula is C6H2Cl4N. The molecule has 0 spiro atoms. The van der Waals surface area contributed by atoms with Crippen LogP contribution in [0.4, 0.5) is 0 Å². The number of halogens is 4. The van der Waals surface area contributed by atoms with E-state index >= 15 is 0 Å². The van der Waals surface area contributed by atoms with Crippen molar-refractivity contribution in [3.63, 3.8) is 0 Å². The summed E-state index contributed by atoms with van der Waals surface area (Å²) in [5, 5.41) is 0.328. The summed E-state index contributed by atoms with van der Waals surface area (Å²) in [6.07, 6.45) is 3.88. The smallest absolute Gasteiger partial charge is 0.217 e. The molecule has 0 aliphatic heterocycles. The highest BCUT2D eigenvalue weighted by atomic mass is 35.6. The van der Waals surface area contributed by atoms with E-state index < -0.39 is 3.79 Å². The molecule has 0 bridgehead atoms. The SMILES string of the molecule is Clc1[c]ncc(C(Cl)(Cl)Cl)c1. The highest BCUT2D eigenvalue weighted by Crippen LogP contribution is 2.38. The van der Waals surface area contributed by atoms with Gasteiger partial charge in [-0.2, -0.15) is 0 Å². The Kier molecular flexibility index (Phi) is 2.87. The van der Waals surface area contributed by atoms with Crippen molar-refractivity contribution in [2.24, 2.45) is 0 Å². The highest BCUT2D eigenvalue weighted by Gasteiger charge is 2.23. The first-order valence-corrected chi connectivity index (χ1v) is 4.12. The van der Waals surface area contributed by atoms with E-state index in [1.165, 1.54) is 12.3 Å². The second-order valence-electron chi connectivity index (χ2n) is 1.82. The molecule has 0 aliphatic rings. The van der Waals surface area contributed by atoms with E-state index in [2.05, 4.69) is 11.2 Å². The monoisotopic (exact) mass is 228 g/mol. The van der Waals surface area contributed by atoms with E-state index in [0.29, 0.717) is 10.6 Å². The standard InChI is InChI=1S/C6H2Cl4N/c7-5-1-4(2-11-3-5)6(8,9)10/h1-2H. The minimum atomic E-state index is -1.47. The fourth-order valence-corrected chi connectivity index (χ4v) is 1.00. The van der Waals surface area contributed by atoms with Gasteiger partial charge in [-0.25, -0.2) is 0 Å². The van der Waals surface area contributed by atoms with Crippen molar-refractivity contribution in [1.82, 2.24) is 4.98 Å². The van der Waals surface area contributed by atoms with Gasteiger partial charge in [0.2, 0.25) is 3.79 Å². The van der Waals surface area contributed by atoms with Crippen molar-refractivity contribution in [2.75, 3.05) is 0 Å². The van der Waals surface area contributed by atoms with Crippen LogP contribution in [0.3, 0.4) is 0 Å². The first-order valence-electron chi connectivity index (χ1n) is 2.60. The molecule has 1 rings (SSSR count). The van der Waals surface area contributed by atoms with Gasteiger partial charge in [0.15, 0.2) is 0 Å². The van der Waals surface area contributed by atoms with E-state index in [1.807, 2.05) is 0 Å². The molecule has 0 aliphatic carbocycles. The zero-order chi connectivity index (χ0) is 8.48. The van der Waals surface area contributed by atoms with Crippen LogP contribution in [0, 0.1) is 6.20 Å². The van der Waals surface area contributed by atoms with E-state index in [9.17, 15) is 0 Å². The zero-order valence-corrected chi connectivity index (χ0v) is 8.14. The normalized spacial score (nSPS) is 11.6. The van der Waals surface area contributed by atoms with Crippen LogP contribution in [-0.4, -0.2) is 4.98 Å². The molecule has 1 radical (unpaired) electrons. The van der Waals surface area contributed by atoms with E-state index in [4.69, 9.17) is 46.4 Å². The number of pyridine rings is 1. The Bertz CT molecular complexity index is 255. The molecule has 0 unspecified atom stereocenters. The van der Waals surface area contributed by atoms with Gasteiger partial charge in [0.25, 0.3) is 0 Å². The first kappa shape index (κ1) is 9.40. The van der Waals surface area contributed by atoms with Gasteiger partial charge in [-0.05, 0) is 6.07 Å². The molecule has 0 saturated heterocycles. The lowest BCUT2D eigenvalue weighted by molar-refractivity contribution is 1.16. The minimum absolute atomic E-state index is 0.328. The Morgan fingerprint density at radius 1 is 1.36 bits per heavy atom. The summed E-state index contributed by atoms with van der Waals surface area (Å²) in [6, 6.07) is 1.50. The Labute approximate surface area is 84.2 Å². The molecule has 0 saturated carbocycles. The van der Waals surface area contributed by atoms with Crippen LogP contribution in [0.5, 0.6) is 0 Å². The van der Waals surface area contributed by atoms with Gasteiger partial charge in [-0.1, -0.05) is 46.4 Å². The van der Waals surface area contributed by atoms with Crippen LogP contribution in [-0.2, 0) is 3.79 Å². The van der Waals surface area contributed by atoms with Crippen LogP contribution in [0.1, 0.15) is 5.56 Å². The third-order valence-corrected chi connectivity index (χ3v) is 1.83. The molecule has 5 heteroatoms. The van der Waals surface area contributed by atoms with Crippen molar-refractivity contribution < 1.29 is 0 Å². The fourth-order valence-electron chi connectivity index (χ4n) is 0.525. The number of rotatable bonds is 0. The molecular weight excluding hydrogens is 228 g/mol. The largest absolute Gasteiger partial charge is 0.253 e. The fraction of sp³-hybridized carbons (Fsp3) is 0.167. The average molecular weight is 230 g/mol. The van der Waals surface area contributed by atoms with Gasteiger partial charge < -0.3 is 0 Å². The molecule has 59 valence electrons. The second kappa shape index (κ2) is 3.36. The molecule has 0 fully saturated rings. The predicted octanol–water partition coefficient (Wildman–Crippen LogP) is 3.36. The number of hydrogen-bond donors (Lipinski definition) is 0. The maximum Gasteiger partial charge on any atom is 0.217 e. The first-order chi connectivity index (χ1) is 5.00. The van der Waals surface area contributed by atoms with Gasteiger partial charge in [0.1, 0.15) is 6.20 Å². The predicted molar refractivity (Wildman–Crippen MR) is 47.3 cm³/mol. The molecule has 1 nitrogen and oxygen atoms in total. The third kappa shape index (κ3) is 2.68. The molecule has 11 heavy (non-hydrogen) atoms. The maximum absolute atomic E-state index is 5.56. The van der Waals surface area contributed by atoms with Crippen molar-refractivity contribution in [3.05, 3.63) is 29.0 Å². The van der Waals surface area contributed by atoms with Crippen molar-refractivity contribution in [3.8, 4) is 0 Å². The zero-order valence-electron chi connectivity index (χ0n) is 5.11. The molecule has 0 N–H and O–H groups in total. The molecule has 0 aromatic carbocycles. The van der Waals surface area contributed by atoms with Gasteiger partial charge in [0.05, 0.1) is 5.02 Å². The van der Waals surface area contributed by atoms with Gasteiger partial charge >= 0.3 is 0 Å². The molecule has 0 atom stereocenters. The lowest BCUT2D eigenvalue weighted by atomic mass is 10.3. The van der Waals surface area contributed by atoms with E-state index in [1.54, 1.807) is 0 Å². The summed E-state index contributed by atoms with van der Waals surface area (Å²) in [6.45, 7) is 0. The Morgan fingerprint density at radius 3 is 2.36 bits per heavy atom. The number of aromatic nitrogens is 1. The van der Waals surface area contributed by atoms with Crippen LogP contribution in [0.15, 0.2) is 12.3 Å². The topological polar surface area (TPSA) is 12.9 Å². The molecule has 0 amide bonds. The van der Waals surface area contributed by atoms with Crippen LogP contribution in [0.2, 0.25) is 5.02 Å². The maximum atomic E-state index is 5.56. The summed E-state index contributed by atoms with van der Waals surface area (Å²) in [7, 11) is 0. The quantitative estimate of drug-likeness (QED) is 0.622. The minimum Gasteiger partial charge on any atom is -0.253 e. The highest BCUT2D eigenvalue weighted by molar-refractivity contribution is 6.66. The number of hydrogen-bond acceptors (Lipinski definition) is 1.